The molecule has 0 saturated carbocycles. The van der Waals surface area contributed by atoms with Gasteiger partial charge in [-0.05, 0) is 56.7 Å². The molecule has 0 aliphatic heterocycles. The second-order valence-electron chi connectivity index (χ2n) is 6.43. The van der Waals surface area contributed by atoms with Crippen LogP contribution >= 0.6 is 0 Å². The van der Waals surface area contributed by atoms with Gasteiger partial charge in [-0.15, -0.1) is 0 Å². The van der Waals surface area contributed by atoms with Crippen LogP contribution in [0.25, 0.3) is 0 Å². The summed E-state index contributed by atoms with van der Waals surface area (Å²) in [5, 5.41) is 7.36. The van der Waals surface area contributed by atoms with Gasteiger partial charge in [0.25, 0.3) is 5.91 Å². The van der Waals surface area contributed by atoms with Gasteiger partial charge in [0.2, 0.25) is 0 Å². The number of ether oxygens (including phenoxy) is 1. The number of nitrogens with zero attached hydrogens (tertiary/aromatic N) is 3. The Morgan fingerprint density at radius 2 is 2.00 bits per heavy atom. The van der Waals surface area contributed by atoms with Gasteiger partial charge in [0.1, 0.15) is 12.4 Å². The van der Waals surface area contributed by atoms with E-state index in [4.69, 9.17) is 4.74 Å². The molecule has 2 heterocycles. The minimum absolute atomic E-state index is 0.0813. The Morgan fingerprint density at radius 1 is 1.19 bits per heavy atom. The molecule has 3 rings (SSSR count). The highest BCUT2D eigenvalue weighted by Gasteiger charge is 2.06. The van der Waals surface area contributed by atoms with Crippen molar-refractivity contribution in [3.8, 4) is 5.75 Å². The molecule has 0 unspecified atom stereocenters. The molecular weight excluding hydrogens is 340 g/mol. The first-order valence-corrected chi connectivity index (χ1v) is 9.03. The summed E-state index contributed by atoms with van der Waals surface area (Å²) >= 11 is 0. The predicted molar refractivity (Wildman–Crippen MR) is 104 cm³/mol. The van der Waals surface area contributed by atoms with Crippen molar-refractivity contribution in [2.45, 2.75) is 33.4 Å². The Balaban J connectivity index is 1.42. The molecule has 0 saturated heterocycles. The summed E-state index contributed by atoms with van der Waals surface area (Å²) in [6.45, 7) is 5.87. The minimum atomic E-state index is -0.0813. The van der Waals surface area contributed by atoms with Crippen molar-refractivity contribution in [1.82, 2.24) is 20.1 Å². The lowest BCUT2D eigenvalue weighted by atomic mass is 10.2. The Labute approximate surface area is 159 Å². The third-order valence-electron chi connectivity index (χ3n) is 4.18. The van der Waals surface area contributed by atoms with Crippen LogP contribution in [-0.2, 0) is 13.2 Å². The van der Waals surface area contributed by atoms with Crippen molar-refractivity contribution >= 4 is 5.91 Å². The Bertz CT molecular complexity index is 873. The number of carbonyl (C=O) groups excluding carboxylic acids is 1. The van der Waals surface area contributed by atoms with Crippen LogP contribution in [0.4, 0.5) is 0 Å². The van der Waals surface area contributed by atoms with Gasteiger partial charge >= 0.3 is 0 Å². The fraction of sp³-hybridized carbons (Fsp3) is 0.286. The molecule has 140 valence electrons. The SMILES string of the molecule is Cc1cc(C)n(CCCNC(=O)c2ccc(OCc3cccnc3)cc2)n1. The highest BCUT2D eigenvalue weighted by atomic mass is 16.5. The van der Waals surface area contributed by atoms with Crippen molar-refractivity contribution < 1.29 is 9.53 Å². The van der Waals surface area contributed by atoms with E-state index in [-0.39, 0.29) is 5.91 Å². The second kappa shape index (κ2) is 8.98. The molecule has 1 N–H and O–H groups in total. The smallest absolute Gasteiger partial charge is 0.251 e. The van der Waals surface area contributed by atoms with Gasteiger partial charge in [0.15, 0.2) is 0 Å². The van der Waals surface area contributed by atoms with Crippen LogP contribution in [0.3, 0.4) is 0 Å². The molecule has 0 atom stereocenters. The first-order chi connectivity index (χ1) is 13.1. The highest BCUT2D eigenvalue weighted by Crippen LogP contribution is 2.14. The van der Waals surface area contributed by atoms with E-state index in [2.05, 4.69) is 21.5 Å². The maximum atomic E-state index is 12.2. The van der Waals surface area contributed by atoms with Crippen LogP contribution in [-0.4, -0.2) is 27.2 Å². The fourth-order valence-corrected chi connectivity index (χ4v) is 2.79. The molecule has 3 aromatic rings. The quantitative estimate of drug-likeness (QED) is 0.623. The Hall–Kier alpha value is -3.15. The topological polar surface area (TPSA) is 69.0 Å². The van der Waals surface area contributed by atoms with E-state index in [9.17, 15) is 4.79 Å². The monoisotopic (exact) mass is 364 g/mol. The number of hydrogen-bond acceptors (Lipinski definition) is 4. The van der Waals surface area contributed by atoms with Crippen LogP contribution in [0.2, 0.25) is 0 Å². The molecular formula is C21H24N4O2. The van der Waals surface area contributed by atoms with Crippen LogP contribution < -0.4 is 10.1 Å². The summed E-state index contributed by atoms with van der Waals surface area (Å²) in [5.74, 6) is 0.641. The van der Waals surface area contributed by atoms with Crippen LogP contribution in [0.1, 0.15) is 33.7 Å². The van der Waals surface area contributed by atoms with Gasteiger partial charge in [0, 0.05) is 42.3 Å². The number of nitrogens with one attached hydrogen (secondary N) is 1. The molecule has 0 spiro atoms. The summed E-state index contributed by atoms with van der Waals surface area (Å²) in [7, 11) is 0. The number of pyridine rings is 1. The van der Waals surface area contributed by atoms with Gasteiger partial charge < -0.3 is 10.1 Å². The Kier molecular flexibility index (Phi) is 6.20. The van der Waals surface area contributed by atoms with Gasteiger partial charge in [-0.3, -0.25) is 14.5 Å². The first-order valence-electron chi connectivity index (χ1n) is 9.03. The molecule has 0 radical (unpaired) electrons. The van der Waals surface area contributed by atoms with E-state index in [1.165, 1.54) is 0 Å². The lowest BCUT2D eigenvalue weighted by molar-refractivity contribution is 0.0952. The molecule has 0 aliphatic carbocycles. The normalized spacial score (nSPS) is 10.6. The zero-order chi connectivity index (χ0) is 19.1. The average Bonchev–Trinajstić information content (AvgIpc) is 3.01. The fourth-order valence-electron chi connectivity index (χ4n) is 2.79. The van der Waals surface area contributed by atoms with E-state index in [0.29, 0.717) is 18.7 Å². The van der Waals surface area contributed by atoms with Crippen LogP contribution in [0, 0.1) is 13.8 Å². The average molecular weight is 364 g/mol. The largest absolute Gasteiger partial charge is 0.489 e. The number of benzene rings is 1. The van der Waals surface area contributed by atoms with Gasteiger partial charge in [-0.2, -0.15) is 5.10 Å². The van der Waals surface area contributed by atoms with Crippen molar-refractivity contribution in [3.63, 3.8) is 0 Å². The molecule has 0 fully saturated rings. The van der Waals surface area contributed by atoms with Crippen LogP contribution in [0.15, 0.2) is 54.9 Å². The number of aryl methyl sites for hydroxylation is 3. The Morgan fingerprint density at radius 3 is 2.67 bits per heavy atom. The first kappa shape index (κ1) is 18.6. The molecule has 2 aromatic heterocycles. The number of hydrogen-bond donors (Lipinski definition) is 1. The number of rotatable bonds is 8. The number of amides is 1. The zero-order valence-electron chi connectivity index (χ0n) is 15.7. The third-order valence-corrected chi connectivity index (χ3v) is 4.18. The molecule has 1 aromatic carbocycles. The summed E-state index contributed by atoms with van der Waals surface area (Å²) in [6, 6.07) is 13.0. The van der Waals surface area contributed by atoms with Gasteiger partial charge in [-0.1, -0.05) is 6.07 Å². The van der Waals surface area contributed by atoms with Crippen LogP contribution in [0.5, 0.6) is 5.75 Å². The van der Waals surface area contributed by atoms with Crippen molar-refractivity contribution in [2.75, 3.05) is 6.54 Å². The van der Waals surface area contributed by atoms with E-state index >= 15 is 0 Å². The summed E-state index contributed by atoms with van der Waals surface area (Å²) in [4.78, 5) is 16.3. The van der Waals surface area contributed by atoms with Crippen molar-refractivity contribution in [2.24, 2.45) is 0 Å². The number of carbonyl (C=O) groups is 1. The highest BCUT2D eigenvalue weighted by molar-refractivity contribution is 5.94. The molecule has 0 aliphatic rings. The van der Waals surface area contributed by atoms with Gasteiger partial charge in [-0.25, -0.2) is 0 Å². The van der Waals surface area contributed by atoms with Crippen molar-refractivity contribution in [3.05, 3.63) is 77.4 Å². The van der Waals surface area contributed by atoms with E-state index in [0.717, 1.165) is 35.7 Å². The maximum Gasteiger partial charge on any atom is 0.251 e. The molecule has 27 heavy (non-hydrogen) atoms. The molecule has 1 amide bonds. The lowest BCUT2D eigenvalue weighted by Crippen LogP contribution is -2.25. The predicted octanol–water partition coefficient (Wildman–Crippen LogP) is 3.29. The summed E-state index contributed by atoms with van der Waals surface area (Å²) < 4.78 is 7.67. The summed E-state index contributed by atoms with van der Waals surface area (Å²) in [5.41, 5.74) is 3.78. The van der Waals surface area contributed by atoms with Gasteiger partial charge in [0.05, 0.1) is 5.69 Å². The number of aromatic nitrogens is 3. The lowest BCUT2D eigenvalue weighted by Gasteiger charge is -2.08. The molecule has 0 bridgehead atoms. The summed E-state index contributed by atoms with van der Waals surface area (Å²) in [6.07, 6.45) is 4.34. The standard InChI is InChI=1S/C21H24N4O2/c1-16-13-17(2)25(24-16)12-4-11-23-21(26)19-6-8-20(9-7-19)27-15-18-5-3-10-22-14-18/h3,5-10,13-14H,4,11-12,15H2,1-2H3,(H,23,26). The minimum Gasteiger partial charge on any atom is -0.489 e. The maximum absolute atomic E-state index is 12.2. The zero-order valence-corrected chi connectivity index (χ0v) is 15.7. The van der Waals surface area contributed by atoms with E-state index < -0.39 is 0 Å². The molecule has 6 nitrogen and oxygen atoms in total. The van der Waals surface area contributed by atoms with E-state index in [1.807, 2.05) is 30.7 Å². The van der Waals surface area contributed by atoms with E-state index in [1.54, 1.807) is 36.7 Å². The van der Waals surface area contributed by atoms with Crippen molar-refractivity contribution in [1.29, 1.82) is 0 Å². The molecule has 6 heteroatoms. The third kappa shape index (κ3) is 5.41. The second-order valence-corrected chi connectivity index (χ2v) is 6.43.